The first-order valence-corrected chi connectivity index (χ1v) is 8.26. The first kappa shape index (κ1) is 16.9. The van der Waals surface area contributed by atoms with Crippen LogP contribution in [-0.4, -0.2) is 39.9 Å². The molecule has 1 unspecified atom stereocenters. The van der Waals surface area contributed by atoms with Gasteiger partial charge >= 0.3 is 0 Å². The molecule has 0 fully saturated rings. The highest BCUT2D eigenvalue weighted by Gasteiger charge is 2.22. The van der Waals surface area contributed by atoms with Crippen molar-refractivity contribution in [2.75, 3.05) is 26.0 Å². The Morgan fingerprint density at radius 2 is 2.11 bits per heavy atom. The number of hydrogen-bond donors (Lipinski definition) is 3. The maximum Gasteiger partial charge on any atom is 0.243 e. The summed E-state index contributed by atoms with van der Waals surface area (Å²) in [6.45, 7) is -0.113. The number of benzene rings is 1. The number of nitrogen functional groups attached to an aromatic ring is 1. The summed E-state index contributed by atoms with van der Waals surface area (Å²) in [4.78, 5) is -0.0553. The second-order valence-electron chi connectivity index (χ2n) is 3.77. The van der Waals surface area contributed by atoms with Gasteiger partial charge in [-0.15, -0.1) is 0 Å². The van der Waals surface area contributed by atoms with Gasteiger partial charge in [0.25, 0.3) is 0 Å². The highest BCUT2D eigenvalue weighted by atomic mass is 79.9. The molecule has 0 saturated carbocycles. The largest absolute Gasteiger partial charge is 0.398 e. The fourth-order valence-corrected chi connectivity index (χ4v) is 4.53. The van der Waals surface area contributed by atoms with Crippen molar-refractivity contribution < 1.29 is 18.3 Å². The van der Waals surface area contributed by atoms with Gasteiger partial charge in [-0.1, -0.05) is 15.9 Å². The van der Waals surface area contributed by atoms with Crippen molar-refractivity contribution in [2.24, 2.45) is 0 Å². The summed E-state index contributed by atoms with van der Waals surface area (Å²) in [5.74, 6) is 0. The molecule has 1 rings (SSSR count). The van der Waals surface area contributed by atoms with Crippen LogP contribution in [0.5, 0.6) is 0 Å². The molecule has 0 heterocycles. The van der Waals surface area contributed by atoms with Crippen molar-refractivity contribution in [3.05, 3.63) is 21.1 Å². The van der Waals surface area contributed by atoms with Gasteiger partial charge in [0.15, 0.2) is 0 Å². The molecule has 0 aliphatic carbocycles. The number of anilines is 1. The van der Waals surface area contributed by atoms with Gasteiger partial charge in [-0.2, -0.15) is 0 Å². The number of sulfonamides is 1. The molecule has 0 amide bonds. The fraction of sp³-hybridized carbons (Fsp3) is 0.400. The first-order chi connectivity index (χ1) is 8.77. The summed E-state index contributed by atoms with van der Waals surface area (Å²) in [5.41, 5.74) is 5.81. The molecule has 1 aromatic rings. The third-order valence-corrected chi connectivity index (χ3v) is 5.06. The minimum Gasteiger partial charge on any atom is -0.398 e. The van der Waals surface area contributed by atoms with Crippen LogP contribution in [-0.2, 0) is 14.8 Å². The zero-order valence-corrected chi connectivity index (χ0v) is 14.0. The molecule has 0 aliphatic rings. The molecule has 0 radical (unpaired) electrons. The standard InChI is InChI=1S/C10H14Br2N2O4S/c1-18-5-7(15)4-14-19(16,17)10-8(12)2-6(11)3-9(10)13/h2-3,7,14-15H,4-5,13H2,1H3. The van der Waals surface area contributed by atoms with Crippen molar-refractivity contribution in [3.63, 3.8) is 0 Å². The molecule has 1 atom stereocenters. The summed E-state index contributed by atoms with van der Waals surface area (Å²) in [6.07, 6.45) is -0.921. The summed E-state index contributed by atoms with van der Waals surface area (Å²) in [7, 11) is -2.39. The molecule has 0 aliphatic heterocycles. The van der Waals surface area contributed by atoms with Crippen molar-refractivity contribution in [1.82, 2.24) is 4.72 Å². The van der Waals surface area contributed by atoms with Crippen LogP contribution >= 0.6 is 31.9 Å². The van der Waals surface area contributed by atoms with Crippen molar-refractivity contribution in [1.29, 1.82) is 0 Å². The highest BCUT2D eigenvalue weighted by Crippen LogP contribution is 2.31. The van der Waals surface area contributed by atoms with E-state index < -0.39 is 16.1 Å². The monoisotopic (exact) mass is 416 g/mol. The van der Waals surface area contributed by atoms with Gasteiger partial charge in [0.1, 0.15) is 4.90 Å². The molecule has 6 nitrogen and oxygen atoms in total. The Morgan fingerprint density at radius 1 is 1.47 bits per heavy atom. The van der Waals surface area contributed by atoms with Gasteiger partial charge in [0.05, 0.1) is 18.4 Å². The third-order valence-electron chi connectivity index (χ3n) is 2.17. The number of halogens is 2. The molecular formula is C10H14Br2N2O4S. The maximum absolute atomic E-state index is 12.1. The summed E-state index contributed by atoms with van der Waals surface area (Å²) >= 11 is 6.37. The van der Waals surface area contributed by atoms with Crippen LogP contribution in [0, 0.1) is 0 Å². The fourth-order valence-electron chi connectivity index (χ4n) is 1.39. The average Bonchev–Trinajstić information content (AvgIpc) is 2.25. The highest BCUT2D eigenvalue weighted by molar-refractivity contribution is 9.11. The van der Waals surface area contributed by atoms with E-state index >= 15 is 0 Å². The smallest absolute Gasteiger partial charge is 0.243 e. The predicted octanol–water partition coefficient (Wildman–Crippen LogP) is 1.08. The van der Waals surface area contributed by atoms with Crippen LogP contribution in [0.25, 0.3) is 0 Å². The number of methoxy groups -OCH3 is 1. The minimum atomic E-state index is -3.81. The first-order valence-electron chi connectivity index (χ1n) is 5.19. The number of nitrogens with one attached hydrogen (secondary N) is 1. The van der Waals surface area contributed by atoms with Gasteiger partial charge < -0.3 is 15.6 Å². The Morgan fingerprint density at radius 3 is 2.63 bits per heavy atom. The van der Waals surface area contributed by atoms with Crippen LogP contribution in [0.1, 0.15) is 0 Å². The van der Waals surface area contributed by atoms with Gasteiger partial charge in [-0.05, 0) is 28.1 Å². The number of hydrogen-bond acceptors (Lipinski definition) is 5. The predicted molar refractivity (Wildman–Crippen MR) is 79.3 cm³/mol. The van der Waals surface area contributed by atoms with Crippen LogP contribution in [0.3, 0.4) is 0 Å². The summed E-state index contributed by atoms with van der Waals surface area (Å²) in [6, 6.07) is 3.07. The average molecular weight is 418 g/mol. The van der Waals surface area contributed by atoms with Crippen molar-refractivity contribution in [2.45, 2.75) is 11.0 Å². The summed E-state index contributed by atoms with van der Waals surface area (Å²) in [5, 5.41) is 9.44. The van der Waals surface area contributed by atoms with E-state index in [1.165, 1.54) is 13.2 Å². The molecule has 0 saturated heterocycles. The lowest BCUT2D eigenvalue weighted by Crippen LogP contribution is -2.34. The van der Waals surface area contributed by atoms with E-state index in [4.69, 9.17) is 10.5 Å². The van der Waals surface area contributed by atoms with E-state index in [1.807, 2.05) is 0 Å². The van der Waals surface area contributed by atoms with Gasteiger partial charge in [-0.25, -0.2) is 13.1 Å². The molecule has 9 heteroatoms. The van der Waals surface area contributed by atoms with E-state index in [-0.39, 0.29) is 23.7 Å². The second-order valence-corrected chi connectivity index (χ2v) is 7.24. The number of aliphatic hydroxyl groups excluding tert-OH is 1. The number of rotatable bonds is 6. The Balaban J connectivity index is 2.95. The second kappa shape index (κ2) is 7.00. The van der Waals surface area contributed by atoms with E-state index in [2.05, 4.69) is 36.6 Å². The third kappa shape index (κ3) is 4.69. The van der Waals surface area contributed by atoms with E-state index in [1.54, 1.807) is 6.07 Å². The SMILES string of the molecule is COCC(O)CNS(=O)(=O)c1c(N)cc(Br)cc1Br. The van der Waals surface area contributed by atoms with Gasteiger partial charge in [0.2, 0.25) is 10.0 Å². The van der Waals surface area contributed by atoms with Crippen LogP contribution in [0.4, 0.5) is 5.69 Å². The van der Waals surface area contributed by atoms with Crippen LogP contribution in [0.15, 0.2) is 26.0 Å². The number of ether oxygens (including phenoxy) is 1. The van der Waals surface area contributed by atoms with Gasteiger partial charge in [-0.3, -0.25) is 0 Å². The molecule has 4 N–H and O–H groups in total. The molecule has 0 spiro atoms. The van der Waals surface area contributed by atoms with E-state index in [0.717, 1.165) is 0 Å². The number of nitrogens with two attached hydrogens (primary N) is 1. The zero-order chi connectivity index (χ0) is 14.6. The molecule has 0 bridgehead atoms. The lowest BCUT2D eigenvalue weighted by atomic mass is 10.3. The Kier molecular flexibility index (Phi) is 6.21. The molecular weight excluding hydrogens is 404 g/mol. The minimum absolute atomic E-state index is 0.0412. The molecule has 1 aromatic carbocycles. The quantitative estimate of drug-likeness (QED) is 0.601. The van der Waals surface area contributed by atoms with Crippen molar-refractivity contribution in [3.8, 4) is 0 Å². The Bertz CT molecular complexity index is 527. The van der Waals surface area contributed by atoms with Gasteiger partial charge in [0, 0.05) is 22.6 Å². The lowest BCUT2D eigenvalue weighted by Gasteiger charge is -2.14. The van der Waals surface area contributed by atoms with E-state index in [9.17, 15) is 13.5 Å². The Labute approximate surface area is 128 Å². The lowest BCUT2D eigenvalue weighted by molar-refractivity contribution is 0.0679. The topological polar surface area (TPSA) is 102 Å². The van der Waals surface area contributed by atoms with Crippen LogP contribution in [0.2, 0.25) is 0 Å². The number of aliphatic hydroxyl groups is 1. The maximum atomic E-state index is 12.1. The summed E-state index contributed by atoms with van der Waals surface area (Å²) < 4.78 is 32.2. The van der Waals surface area contributed by atoms with E-state index in [0.29, 0.717) is 8.95 Å². The Hall–Kier alpha value is -0.190. The molecule has 0 aromatic heterocycles. The molecule has 108 valence electrons. The van der Waals surface area contributed by atoms with Crippen molar-refractivity contribution >= 4 is 47.6 Å². The van der Waals surface area contributed by atoms with Crippen LogP contribution < -0.4 is 10.5 Å². The zero-order valence-electron chi connectivity index (χ0n) is 10.1. The molecule has 19 heavy (non-hydrogen) atoms. The normalized spacial score (nSPS) is 13.5.